The van der Waals surface area contributed by atoms with Crippen LogP contribution in [0.25, 0.3) is 11.3 Å². The third-order valence-electron chi connectivity index (χ3n) is 6.23. The van der Waals surface area contributed by atoms with Crippen molar-refractivity contribution >= 4 is 5.97 Å². The molecule has 3 aliphatic rings. The molecule has 1 aromatic heterocycles. The Balaban J connectivity index is 1.64. The zero-order valence-corrected chi connectivity index (χ0v) is 17.3. The van der Waals surface area contributed by atoms with Crippen molar-refractivity contribution in [3.63, 3.8) is 0 Å². The normalized spacial score (nSPS) is 16.7. The average molecular weight is 410 g/mol. The zero-order valence-electron chi connectivity index (χ0n) is 17.3. The predicted molar refractivity (Wildman–Crippen MR) is 112 cm³/mol. The first-order valence-corrected chi connectivity index (χ1v) is 10.7. The van der Waals surface area contributed by atoms with Crippen molar-refractivity contribution in [1.29, 1.82) is 0 Å². The van der Waals surface area contributed by atoms with Gasteiger partial charge in [0.2, 0.25) is 0 Å². The highest BCUT2D eigenvalue weighted by Gasteiger charge is 2.32. The minimum atomic E-state index is -1.21. The Hall–Kier alpha value is -2.96. The van der Waals surface area contributed by atoms with Crippen LogP contribution in [-0.4, -0.2) is 35.0 Å². The van der Waals surface area contributed by atoms with Crippen LogP contribution in [0.1, 0.15) is 54.6 Å². The predicted octanol–water partition coefficient (Wildman–Crippen LogP) is 3.19. The van der Waals surface area contributed by atoms with Gasteiger partial charge in [-0.3, -0.25) is 9.47 Å². The van der Waals surface area contributed by atoms with E-state index in [-0.39, 0.29) is 11.6 Å². The van der Waals surface area contributed by atoms with Crippen molar-refractivity contribution in [3.8, 4) is 22.8 Å². The van der Waals surface area contributed by atoms with Gasteiger partial charge in [-0.25, -0.2) is 4.79 Å². The molecule has 1 aromatic carbocycles. The number of pyridine rings is 1. The van der Waals surface area contributed by atoms with Crippen LogP contribution in [0.4, 0.5) is 0 Å². The molecule has 0 bridgehead atoms. The summed E-state index contributed by atoms with van der Waals surface area (Å²) in [5.41, 5.74) is 3.11. The highest BCUT2D eigenvalue weighted by Crippen LogP contribution is 2.46. The number of carbonyl (C=O) groups is 1. The Kier molecular flexibility index (Phi) is 4.49. The number of fused-ring (bicyclic) bond motifs is 5. The standard InChI is InChI=1S/C23H26N2O5/c1-13(2)24-11-15-9-20(29-7-5-14-3-4-14)22-16(6-8-30-22)21(15)18-10-19(26)17(23(27)28)12-25(18)24/h9-10,12-14H,3-8,11H2,1-2H3,(H,27,28). The van der Waals surface area contributed by atoms with Gasteiger partial charge in [-0.05, 0) is 37.8 Å². The summed E-state index contributed by atoms with van der Waals surface area (Å²) in [4.78, 5) is 24.1. The Morgan fingerprint density at radius 2 is 2.13 bits per heavy atom. The molecule has 7 heteroatoms. The maximum atomic E-state index is 12.5. The fourth-order valence-electron chi connectivity index (χ4n) is 4.46. The molecule has 2 aromatic rings. The van der Waals surface area contributed by atoms with Crippen LogP contribution in [0.5, 0.6) is 11.5 Å². The Labute approximate surface area is 174 Å². The molecule has 1 N–H and O–H groups in total. The van der Waals surface area contributed by atoms with Gasteiger partial charge in [0.1, 0.15) is 5.56 Å². The number of aromatic carboxylic acids is 1. The maximum Gasteiger partial charge on any atom is 0.341 e. The van der Waals surface area contributed by atoms with Crippen molar-refractivity contribution in [2.45, 2.75) is 52.1 Å². The molecule has 1 saturated carbocycles. The van der Waals surface area contributed by atoms with Crippen LogP contribution in [-0.2, 0) is 13.0 Å². The van der Waals surface area contributed by atoms with Crippen molar-refractivity contribution in [2.75, 3.05) is 18.2 Å². The first kappa shape index (κ1) is 19.0. The van der Waals surface area contributed by atoms with E-state index in [1.165, 1.54) is 25.1 Å². The first-order chi connectivity index (χ1) is 14.4. The summed E-state index contributed by atoms with van der Waals surface area (Å²) < 4.78 is 13.9. The maximum absolute atomic E-state index is 12.5. The number of ether oxygens (including phenoxy) is 2. The second-order valence-corrected chi connectivity index (χ2v) is 8.67. The molecule has 0 amide bonds. The number of rotatable bonds is 6. The summed E-state index contributed by atoms with van der Waals surface area (Å²) in [6, 6.07) is 3.61. The van der Waals surface area contributed by atoms with Crippen molar-refractivity contribution < 1.29 is 19.4 Å². The Bertz CT molecular complexity index is 1080. The van der Waals surface area contributed by atoms with Crippen LogP contribution in [0.2, 0.25) is 0 Å². The minimum absolute atomic E-state index is 0.116. The van der Waals surface area contributed by atoms with Crippen molar-refractivity contribution in [3.05, 3.63) is 45.2 Å². The van der Waals surface area contributed by atoms with E-state index in [1.807, 2.05) is 10.7 Å². The molecule has 5 rings (SSSR count). The smallest absolute Gasteiger partial charge is 0.341 e. The average Bonchev–Trinajstić information content (AvgIpc) is 3.39. The largest absolute Gasteiger partial charge is 0.490 e. The van der Waals surface area contributed by atoms with E-state index in [9.17, 15) is 14.7 Å². The van der Waals surface area contributed by atoms with Gasteiger partial charge in [0.15, 0.2) is 16.9 Å². The lowest BCUT2D eigenvalue weighted by atomic mass is 9.93. The van der Waals surface area contributed by atoms with Crippen LogP contribution in [0.15, 0.2) is 23.1 Å². The lowest BCUT2D eigenvalue weighted by Gasteiger charge is -2.38. The van der Waals surface area contributed by atoms with Gasteiger partial charge in [-0.1, -0.05) is 12.8 Å². The lowest BCUT2D eigenvalue weighted by molar-refractivity contribution is 0.0694. The molecule has 2 aliphatic heterocycles. The van der Waals surface area contributed by atoms with Crippen molar-refractivity contribution in [2.24, 2.45) is 5.92 Å². The monoisotopic (exact) mass is 410 g/mol. The second kappa shape index (κ2) is 7.07. The Morgan fingerprint density at radius 3 is 2.83 bits per heavy atom. The topological polar surface area (TPSA) is 81.0 Å². The number of aromatic nitrogens is 1. The van der Waals surface area contributed by atoms with Crippen molar-refractivity contribution in [1.82, 2.24) is 4.68 Å². The highest BCUT2D eigenvalue weighted by molar-refractivity contribution is 5.88. The third-order valence-corrected chi connectivity index (χ3v) is 6.23. The number of benzene rings is 1. The minimum Gasteiger partial charge on any atom is -0.490 e. The SMILES string of the molecule is CC(C)N1Cc2cc(OCCC3CC3)c3c(c2-c2cc(=O)c(C(=O)O)cn21)CCO3. The van der Waals surface area contributed by atoms with E-state index < -0.39 is 11.4 Å². The molecule has 3 heterocycles. The molecular weight excluding hydrogens is 384 g/mol. The zero-order chi connectivity index (χ0) is 21.0. The molecule has 30 heavy (non-hydrogen) atoms. The van der Waals surface area contributed by atoms with E-state index in [4.69, 9.17) is 9.47 Å². The molecule has 0 spiro atoms. The summed E-state index contributed by atoms with van der Waals surface area (Å²) in [6.07, 6.45) is 5.87. The third kappa shape index (κ3) is 3.13. The van der Waals surface area contributed by atoms with E-state index in [0.29, 0.717) is 25.5 Å². The van der Waals surface area contributed by atoms with Crippen LogP contribution in [0, 0.1) is 5.92 Å². The van der Waals surface area contributed by atoms with Crippen LogP contribution >= 0.6 is 0 Å². The molecule has 158 valence electrons. The summed E-state index contributed by atoms with van der Waals surface area (Å²) in [5, 5.41) is 11.5. The van der Waals surface area contributed by atoms with E-state index in [2.05, 4.69) is 18.9 Å². The summed E-state index contributed by atoms with van der Waals surface area (Å²) in [5.74, 6) is 1.14. The van der Waals surface area contributed by atoms with Gasteiger partial charge in [0.25, 0.3) is 0 Å². The molecule has 0 saturated heterocycles. The van der Waals surface area contributed by atoms with Crippen LogP contribution < -0.4 is 19.9 Å². The number of nitrogens with zero attached hydrogens (tertiary/aromatic N) is 2. The highest BCUT2D eigenvalue weighted by atomic mass is 16.5. The molecule has 0 radical (unpaired) electrons. The number of carboxylic acids is 1. The summed E-state index contributed by atoms with van der Waals surface area (Å²) in [7, 11) is 0. The number of hydrogen-bond donors (Lipinski definition) is 1. The molecule has 1 fully saturated rings. The second-order valence-electron chi connectivity index (χ2n) is 8.67. The summed E-state index contributed by atoms with van der Waals surface area (Å²) in [6.45, 7) is 5.98. The fraction of sp³-hybridized carbons (Fsp3) is 0.478. The van der Waals surface area contributed by atoms with Gasteiger partial charge in [0, 0.05) is 35.9 Å². The molecule has 0 unspecified atom stereocenters. The first-order valence-electron chi connectivity index (χ1n) is 10.7. The lowest BCUT2D eigenvalue weighted by Crippen LogP contribution is -2.44. The number of carboxylic acid groups (broad SMARTS) is 1. The van der Waals surface area contributed by atoms with E-state index in [1.54, 1.807) is 0 Å². The molecule has 0 atom stereocenters. The molecule has 1 aliphatic carbocycles. The quantitative estimate of drug-likeness (QED) is 0.788. The summed E-state index contributed by atoms with van der Waals surface area (Å²) >= 11 is 0. The van der Waals surface area contributed by atoms with Gasteiger partial charge in [-0.15, -0.1) is 0 Å². The molecular formula is C23H26N2O5. The van der Waals surface area contributed by atoms with Crippen LogP contribution in [0.3, 0.4) is 0 Å². The van der Waals surface area contributed by atoms with Gasteiger partial charge >= 0.3 is 5.97 Å². The van der Waals surface area contributed by atoms with Gasteiger partial charge in [0.05, 0.1) is 25.5 Å². The fourth-order valence-corrected chi connectivity index (χ4v) is 4.46. The van der Waals surface area contributed by atoms with Gasteiger partial charge < -0.3 is 19.6 Å². The number of hydrogen-bond acceptors (Lipinski definition) is 5. The van der Waals surface area contributed by atoms with Gasteiger partial charge in [-0.2, -0.15) is 0 Å². The van der Waals surface area contributed by atoms with E-state index in [0.717, 1.165) is 46.9 Å². The Morgan fingerprint density at radius 1 is 1.33 bits per heavy atom. The molecule has 7 nitrogen and oxygen atoms in total. The van der Waals surface area contributed by atoms with E-state index >= 15 is 0 Å².